The van der Waals surface area contributed by atoms with Crippen molar-refractivity contribution in [1.29, 1.82) is 0 Å². The third kappa shape index (κ3) is 7.63. The average molecular weight is 1300 g/mol. The highest BCUT2D eigenvalue weighted by Crippen LogP contribution is 2.62. The summed E-state index contributed by atoms with van der Waals surface area (Å²) < 4.78 is 5.18. The van der Waals surface area contributed by atoms with Crippen LogP contribution in [0, 0.1) is 0 Å². The van der Waals surface area contributed by atoms with E-state index in [2.05, 4.69) is 381 Å². The maximum absolute atomic E-state index is 2.66. The molecule has 102 heavy (non-hydrogen) atoms. The van der Waals surface area contributed by atoms with E-state index in [-0.39, 0.29) is 12.6 Å². The average Bonchev–Trinajstić information content (AvgIpc) is 0.740. The number of fused-ring (bicyclic) bond motifs is 22. The lowest BCUT2D eigenvalue weighted by Crippen LogP contribution is -2.61. The number of rotatable bonds is 6. The van der Waals surface area contributed by atoms with Crippen LogP contribution in [-0.4, -0.2) is 15.8 Å². The van der Waals surface area contributed by atoms with E-state index in [4.69, 9.17) is 0 Å². The van der Waals surface area contributed by atoms with Crippen LogP contribution in [0.3, 0.4) is 0 Å². The first-order chi connectivity index (χ1) is 50.7. The number of hydrogen-bond acceptors (Lipinski definition) is 4. The Hall–Kier alpha value is -13.4. The van der Waals surface area contributed by atoms with Crippen molar-refractivity contribution in [2.24, 2.45) is 0 Å². The molecule has 2 aromatic heterocycles. The molecular weight excluding hydrogens is 1240 g/mol. The third-order valence-electron chi connectivity index (χ3n) is 22.7. The van der Waals surface area contributed by atoms with Crippen LogP contribution in [0.5, 0.6) is 0 Å². The summed E-state index contributed by atoms with van der Waals surface area (Å²) in [6.07, 6.45) is 0. The molecule has 0 N–H and O–H groups in total. The van der Waals surface area contributed by atoms with Crippen molar-refractivity contribution in [3.05, 3.63) is 369 Å². The van der Waals surface area contributed by atoms with Gasteiger partial charge in [-0.3, -0.25) is 0 Å². The van der Waals surface area contributed by atoms with Gasteiger partial charge in [-0.05, 0) is 163 Å². The second kappa shape index (κ2) is 21.1. The van der Waals surface area contributed by atoms with E-state index in [0.717, 1.165) is 68.2 Å². The van der Waals surface area contributed by atoms with Gasteiger partial charge in [-0.2, -0.15) is 0 Å². The molecule has 0 spiro atoms. The summed E-state index contributed by atoms with van der Waals surface area (Å²) >= 11 is 0. The van der Waals surface area contributed by atoms with E-state index in [9.17, 15) is 0 Å². The van der Waals surface area contributed by atoms with Gasteiger partial charge in [0.2, 0.25) is 0 Å². The molecule has 1 atom stereocenters. The molecule has 0 radical (unpaired) electrons. The molecule has 0 aliphatic carbocycles. The summed E-state index contributed by atoms with van der Waals surface area (Å²) in [5, 5.41) is 14.7. The summed E-state index contributed by atoms with van der Waals surface area (Å²) in [6.45, 7) is -0.183. The normalized spacial score (nSPS) is 14.1. The molecule has 472 valence electrons. The molecule has 0 bridgehead atoms. The second-order valence-corrected chi connectivity index (χ2v) is 27.8. The van der Waals surface area contributed by atoms with Crippen LogP contribution in [0.2, 0.25) is 0 Å². The van der Waals surface area contributed by atoms with Gasteiger partial charge in [0.25, 0.3) is 6.71 Å². The standard InChI is InChI=1S/C95H59BN6/c1-5-29-63(30-6-1)97-79-43-23-21-41-73(79)91-76-57-78-84(58-83(76)99(65-33-9-3-10-34-65)86-54-67(53-85(97)92(86)91)101-81-51-47-59-25-13-17-37-69(59)89(81)74-49-45-61-27-15-19-39-71(61)94(74)101)100(66-35-11-4-12-36-66)88-56-68(55-87-93(88)96(78)77-42-22-24-44-80(77)98(87)64-31-7-2-8-32-64)102-82-52-48-60-26-14-18-38-70(60)90(82)75-50-46-62-28-16-20-40-72(62)95(75)102/h1-58,91H. The lowest BCUT2D eigenvalue weighted by molar-refractivity contribution is 0.907. The van der Waals surface area contributed by atoms with Crippen molar-refractivity contribution >= 4 is 178 Å². The predicted octanol–water partition coefficient (Wildman–Crippen LogP) is 23.3. The number of hydrogen-bond donors (Lipinski definition) is 0. The molecule has 0 saturated carbocycles. The maximum Gasteiger partial charge on any atom is 0.252 e. The molecule has 23 rings (SSSR count). The van der Waals surface area contributed by atoms with E-state index in [1.54, 1.807) is 0 Å². The number of para-hydroxylation sites is 6. The van der Waals surface area contributed by atoms with Crippen molar-refractivity contribution < 1.29 is 0 Å². The zero-order chi connectivity index (χ0) is 66.4. The fraction of sp³-hybridized carbons (Fsp3) is 0.0105. The zero-order valence-corrected chi connectivity index (χ0v) is 55.3. The lowest BCUT2D eigenvalue weighted by Gasteiger charge is -2.48. The highest BCUT2D eigenvalue weighted by atomic mass is 15.2. The molecule has 4 aliphatic heterocycles. The van der Waals surface area contributed by atoms with E-state index >= 15 is 0 Å². The number of aromatic nitrogens is 2. The van der Waals surface area contributed by atoms with Crippen LogP contribution in [-0.2, 0) is 0 Å². The summed E-state index contributed by atoms with van der Waals surface area (Å²) in [4.78, 5) is 10.3. The molecule has 4 aliphatic rings. The summed E-state index contributed by atoms with van der Waals surface area (Å²) in [7, 11) is 0. The highest BCUT2D eigenvalue weighted by Gasteiger charge is 2.48. The van der Waals surface area contributed by atoms with Crippen molar-refractivity contribution in [3.8, 4) is 11.4 Å². The Labute approximate surface area is 588 Å². The Kier molecular flexibility index (Phi) is 11.5. The Morgan fingerprint density at radius 2 is 0.608 bits per heavy atom. The van der Waals surface area contributed by atoms with Gasteiger partial charge in [-0.15, -0.1) is 0 Å². The first kappa shape index (κ1) is 55.6. The van der Waals surface area contributed by atoms with E-state index in [1.165, 1.54) is 131 Å². The SMILES string of the molecule is c1ccc(N2c3ccccc3B3c4cc5c(cc4N(c4ccccc4)c4cc(-n6c7ccc8ccccc8c7c7ccc8ccccc8c76)cc2c43)N(c2ccccc2)c2cc(-n3c4ccc6ccccc6c4c4ccc6ccccc6c43)cc3c2C5c2ccccc2N3c2ccccc2)cc1. The number of benzene rings is 17. The molecule has 19 aromatic rings. The van der Waals surface area contributed by atoms with Gasteiger partial charge in [0.1, 0.15) is 0 Å². The van der Waals surface area contributed by atoms with Gasteiger partial charge in [-0.1, -0.05) is 249 Å². The van der Waals surface area contributed by atoms with Crippen molar-refractivity contribution in [2.75, 3.05) is 19.6 Å². The molecule has 6 heterocycles. The minimum absolute atomic E-state index is 0.183. The lowest BCUT2D eigenvalue weighted by atomic mass is 9.33. The maximum atomic E-state index is 2.66. The molecule has 17 aromatic carbocycles. The molecular formula is C95H59BN6. The first-order valence-corrected chi connectivity index (χ1v) is 35.5. The van der Waals surface area contributed by atoms with Gasteiger partial charge in [-0.25, -0.2) is 0 Å². The summed E-state index contributed by atoms with van der Waals surface area (Å²) in [5.41, 5.74) is 28.0. The molecule has 0 fully saturated rings. The van der Waals surface area contributed by atoms with Gasteiger partial charge in [0.05, 0.1) is 56.2 Å². The Morgan fingerprint density at radius 3 is 1.12 bits per heavy atom. The van der Waals surface area contributed by atoms with E-state index in [0.29, 0.717) is 0 Å². The minimum atomic E-state index is -0.183. The quantitative estimate of drug-likeness (QED) is 0.155. The van der Waals surface area contributed by atoms with Crippen molar-refractivity contribution in [1.82, 2.24) is 9.13 Å². The smallest absolute Gasteiger partial charge is 0.252 e. The van der Waals surface area contributed by atoms with Gasteiger partial charge >= 0.3 is 0 Å². The molecule has 7 heteroatoms. The Bertz CT molecular complexity index is 6390. The summed E-state index contributed by atoms with van der Waals surface area (Å²) in [5.74, 6) is -0.183. The van der Waals surface area contributed by atoms with Crippen molar-refractivity contribution in [2.45, 2.75) is 5.92 Å². The fourth-order valence-corrected chi connectivity index (χ4v) is 18.7. The third-order valence-corrected chi connectivity index (χ3v) is 22.7. The molecule has 6 nitrogen and oxygen atoms in total. The monoisotopic (exact) mass is 1290 g/mol. The van der Waals surface area contributed by atoms with Crippen molar-refractivity contribution in [3.63, 3.8) is 0 Å². The Balaban J connectivity index is 0.856. The molecule has 0 amide bonds. The van der Waals surface area contributed by atoms with Crippen LogP contribution >= 0.6 is 0 Å². The van der Waals surface area contributed by atoms with Crippen LogP contribution in [0.4, 0.5) is 68.2 Å². The van der Waals surface area contributed by atoms with E-state index < -0.39 is 0 Å². The van der Waals surface area contributed by atoms with Gasteiger partial charge < -0.3 is 28.7 Å². The largest absolute Gasteiger partial charge is 0.311 e. The number of nitrogens with zero attached hydrogens (tertiary/aromatic N) is 6. The summed E-state index contributed by atoms with van der Waals surface area (Å²) in [6, 6.07) is 133. The minimum Gasteiger partial charge on any atom is -0.311 e. The fourth-order valence-electron chi connectivity index (χ4n) is 18.7. The Morgan fingerprint density at radius 1 is 0.225 bits per heavy atom. The van der Waals surface area contributed by atoms with Crippen LogP contribution in [0.15, 0.2) is 352 Å². The van der Waals surface area contributed by atoms with Crippen LogP contribution in [0.1, 0.15) is 22.6 Å². The highest BCUT2D eigenvalue weighted by molar-refractivity contribution is 7.00. The van der Waals surface area contributed by atoms with Gasteiger partial charge in [0.15, 0.2) is 0 Å². The second-order valence-electron chi connectivity index (χ2n) is 27.8. The van der Waals surface area contributed by atoms with Crippen LogP contribution < -0.4 is 36.0 Å². The van der Waals surface area contributed by atoms with E-state index in [1.807, 2.05) is 0 Å². The van der Waals surface area contributed by atoms with Gasteiger partial charge in [0, 0.05) is 89.3 Å². The topological polar surface area (TPSA) is 22.8 Å². The van der Waals surface area contributed by atoms with Crippen LogP contribution in [0.25, 0.3) is 98.1 Å². The predicted molar refractivity (Wildman–Crippen MR) is 429 cm³/mol. The molecule has 0 saturated heterocycles. The number of anilines is 12. The molecule has 1 unspecified atom stereocenters. The zero-order valence-electron chi connectivity index (χ0n) is 55.3. The first-order valence-electron chi connectivity index (χ1n) is 35.5.